The maximum atomic E-state index is 14.0. The van der Waals surface area contributed by atoms with Crippen LogP contribution in [0.25, 0.3) is 11.4 Å². The van der Waals surface area contributed by atoms with E-state index < -0.39 is 15.8 Å². The Hall–Kier alpha value is -2.98. The second-order valence-corrected chi connectivity index (χ2v) is 8.97. The molecule has 1 aromatic heterocycles. The molecule has 8 nitrogen and oxygen atoms in total. The summed E-state index contributed by atoms with van der Waals surface area (Å²) < 4.78 is 44.1. The zero-order valence-corrected chi connectivity index (χ0v) is 18.2. The monoisotopic (exact) mass is 466 g/mol. The zero-order valence-electron chi connectivity index (χ0n) is 16.6. The average molecular weight is 467 g/mol. The van der Waals surface area contributed by atoms with Crippen molar-refractivity contribution in [2.45, 2.75) is 19.4 Å². The van der Waals surface area contributed by atoms with Crippen LogP contribution in [0, 0.1) is 5.82 Å². The van der Waals surface area contributed by atoms with Crippen molar-refractivity contribution in [3.63, 3.8) is 0 Å². The van der Waals surface area contributed by atoms with Gasteiger partial charge in [-0.3, -0.25) is 9.10 Å². The summed E-state index contributed by atoms with van der Waals surface area (Å²) in [5.41, 5.74) is 0.558. The number of amides is 1. The summed E-state index contributed by atoms with van der Waals surface area (Å²) in [6, 6.07) is 12.6. The minimum Gasteiger partial charge on any atom is -0.347 e. The van der Waals surface area contributed by atoms with Crippen molar-refractivity contribution in [2.75, 3.05) is 17.1 Å². The van der Waals surface area contributed by atoms with Crippen molar-refractivity contribution >= 4 is 33.2 Å². The number of aromatic nitrogens is 2. The van der Waals surface area contributed by atoms with Crippen molar-refractivity contribution in [2.24, 2.45) is 0 Å². The van der Waals surface area contributed by atoms with Gasteiger partial charge in [0.05, 0.1) is 23.5 Å². The highest BCUT2D eigenvalue weighted by Crippen LogP contribution is 2.25. The Labute approximate surface area is 184 Å². The number of para-hydroxylation sites is 1. The molecule has 0 bridgehead atoms. The summed E-state index contributed by atoms with van der Waals surface area (Å²) in [7, 11) is -3.70. The lowest BCUT2D eigenvalue weighted by molar-refractivity contribution is -0.121. The fraction of sp³-hybridized carbons (Fsp3) is 0.250. The molecule has 0 fully saturated rings. The highest BCUT2D eigenvalue weighted by molar-refractivity contribution is 7.92. The van der Waals surface area contributed by atoms with Crippen LogP contribution < -0.4 is 9.62 Å². The number of rotatable bonds is 9. The molecule has 0 unspecified atom stereocenters. The lowest BCUT2D eigenvalue weighted by atomic mass is 10.2. The van der Waals surface area contributed by atoms with Gasteiger partial charge in [0.15, 0.2) is 0 Å². The molecular formula is C20H20ClFN4O4S. The lowest BCUT2D eigenvalue weighted by Crippen LogP contribution is -2.32. The van der Waals surface area contributed by atoms with Crippen molar-refractivity contribution in [1.82, 2.24) is 15.5 Å². The van der Waals surface area contributed by atoms with E-state index in [4.69, 9.17) is 16.1 Å². The molecule has 0 atom stereocenters. The number of anilines is 1. The molecule has 1 heterocycles. The van der Waals surface area contributed by atoms with Crippen LogP contribution >= 0.6 is 11.6 Å². The maximum absolute atomic E-state index is 14.0. The van der Waals surface area contributed by atoms with Crippen molar-refractivity contribution in [3.05, 3.63) is 65.3 Å². The van der Waals surface area contributed by atoms with E-state index in [-0.39, 0.29) is 43.4 Å². The SMILES string of the molecule is CS(=O)(=O)N(CCCC(=O)NCc1nc(-c2ccccc2Cl)no1)c1ccccc1F. The molecule has 3 aromatic rings. The number of carbonyl (C=O) groups is 1. The van der Waals surface area contributed by atoms with Crippen LogP contribution in [0.3, 0.4) is 0 Å². The normalized spacial score (nSPS) is 11.3. The van der Waals surface area contributed by atoms with Crippen LogP contribution in [-0.2, 0) is 21.4 Å². The van der Waals surface area contributed by atoms with Gasteiger partial charge in [0, 0.05) is 18.5 Å². The number of nitrogens with zero attached hydrogens (tertiary/aromatic N) is 3. The Morgan fingerprint density at radius 3 is 2.61 bits per heavy atom. The average Bonchev–Trinajstić information content (AvgIpc) is 3.19. The number of benzene rings is 2. The van der Waals surface area contributed by atoms with Crippen LogP contribution in [0.2, 0.25) is 5.02 Å². The van der Waals surface area contributed by atoms with Crippen molar-refractivity contribution in [1.29, 1.82) is 0 Å². The van der Waals surface area contributed by atoms with E-state index in [0.717, 1.165) is 10.6 Å². The molecule has 31 heavy (non-hydrogen) atoms. The summed E-state index contributed by atoms with van der Waals surface area (Å²) in [6.45, 7) is -0.0240. The first kappa shape index (κ1) is 22.7. The number of nitrogens with one attached hydrogen (secondary N) is 1. The Morgan fingerprint density at radius 1 is 1.19 bits per heavy atom. The Bertz CT molecular complexity index is 1170. The van der Waals surface area contributed by atoms with Gasteiger partial charge in [-0.1, -0.05) is 41.0 Å². The van der Waals surface area contributed by atoms with Crippen LogP contribution in [0.15, 0.2) is 53.1 Å². The molecule has 1 amide bonds. The first-order valence-electron chi connectivity index (χ1n) is 9.32. The molecule has 3 rings (SSSR count). The summed E-state index contributed by atoms with van der Waals surface area (Å²) in [5.74, 6) is -0.474. The Morgan fingerprint density at radius 2 is 1.90 bits per heavy atom. The smallest absolute Gasteiger partial charge is 0.246 e. The molecule has 0 aliphatic rings. The van der Waals surface area contributed by atoms with Gasteiger partial charge < -0.3 is 9.84 Å². The van der Waals surface area contributed by atoms with Gasteiger partial charge in [0.25, 0.3) is 0 Å². The summed E-state index contributed by atoms with van der Waals surface area (Å²) in [4.78, 5) is 16.3. The van der Waals surface area contributed by atoms with Gasteiger partial charge in [0.1, 0.15) is 5.82 Å². The van der Waals surface area contributed by atoms with Gasteiger partial charge in [-0.25, -0.2) is 12.8 Å². The third-order valence-electron chi connectivity index (χ3n) is 4.31. The summed E-state index contributed by atoms with van der Waals surface area (Å²) in [5, 5.41) is 6.96. The zero-order chi connectivity index (χ0) is 22.4. The Balaban J connectivity index is 1.52. The molecule has 0 radical (unpaired) electrons. The van der Waals surface area contributed by atoms with E-state index in [1.54, 1.807) is 30.3 Å². The van der Waals surface area contributed by atoms with E-state index in [1.165, 1.54) is 18.2 Å². The molecule has 0 spiro atoms. The van der Waals surface area contributed by atoms with Crippen molar-refractivity contribution < 1.29 is 22.1 Å². The lowest BCUT2D eigenvalue weighted by Gasteiger charge is -2.22. The first-order chi connectivity index (χ1) is 14.8. The largest absolute Gasteiger partial charge is 0.347 e. The topological polar surface area (TPSA) is 105 Å². The van der Waals surface area contributed by atoms with Crippen LogP contribution in [0.4, 0.5) is 10.1 Å². The summed E-state index contributed by atoms with van der Waals surface area (Å²) in [6.07, 6.45) is 1.22. The van der Waals surface area contributed by atoms with E-state index in [2.05, 4.69) is 15.5 Å². The molecule has 0 aliphatic carbocycles. The third kappa shape index (κ3) is 6.02. The van der Waals surface area contributed by atoms with Gasteiger partial charge in [0.2, 0.25) is 27.6 Å². The second kappa shape index (κ2) is 9.88. The van der Waals surface area contributed by atoms with E-state index in [0.29, 0.717) is 16.4 Å². The number of halogens is 2. The van der Waals surface area contributed by atoms with E-state index in [1.807, 2.05) is 0 Å². The minimum absolute atomic E-state index is 0.0133. The molecule has 11 heteroatoms. The van der Waals surface area contributed by atoms with Crippen LogP contribution in [-0.4, -0.2) is 37.3 Å². The van der Waals surface area contributed by atoms with Gasteiger partial charge in [-0.15, -0.1) is 0 Å². The third-order valence-corrected chi connectivity index (χ3v) is 5.82. The quantitative estimate of drug-likeness (QED) is 0.518. The minimum atomic E-state index is -3.70. The second-order valence-electron chi connectivity index (χ2n) is 6.66. The predicted molar refractivity (Wildman–Crippen MR) is 114 cm³/mol. The van der Waals surface area contributed by atoms with Gasteiger partial charge in [-0.05, 0) is 30.7 Å². The van der Waals surface area contributed by atoms with Gasteiger partial charge in [-0.2, -0.15) is 4.98 Å². The number of carbonyl (C=O) groups excluding carboxylic acids is 1. The molecule has 2 aromatic carbocycles. The van der Waals surface area contributed by atoms with E-state index >= 15 is 0 Å². The summed E-state index contributed by atoms with van der Waals surface area (Å²) >= 11 is 6.10. The molecule has 164 valence electrons. The van der Waals surface area contributed by atoms with Gasteiger partial charge >= 0.3 is 0 Å². The molecule has 0 saturated carbocycles. The highest BCUT2D eigenvalue weighted by Gasteiger charge is 2.20. The van der Waals surface area contributed by atoms with Crippen LogP contribution in [0.5, 0.6) is 0 Å². The van der Waals surface area contributed by atoms with Crippen LogP contribution in [0.1, 0.15) is 18.7 Å². The molecular weight excluding hydrogens is 447 g/mol. The molecule has 0 saturated heterocycles. The standard InChI is InChI=1S/C20H20ClFN4O4S/c1-31(28,29)26(17-10-5-4-9-16(17)22)12-6-11-18(27)23-13-19-24-20(25-30-19)14-7-2-3-8-15(14)21/h2-5,7-10H,6,11-13H2,1H3,(H,23,27). The number of hydrogen-bond acceptors (Lipinski definition) is 6. The molecule has 0 aliphatic heterocycles. The Kier molecular flexibility index (Phi) is 7.24. The maximum Gasteiger partial charge on any atom is 0.246 e. The fourth-order valence-corrected chi connectivity index (χ4v) is 4.03. The number of hydrogen-bond donors (Lipinski definition) is 1. The highest BCUT2D eigenvalue weighted by atomic mass is 35.5. The van der Waals surface area contributed by atoms with Crippen molar-refractivity contribution in [3.8, 4) is 11.4 Å². The van der Waals surface area contributed by atoms with E-state index in [9.17, 15) is 17.6 Å². The predicted octanol–water partition coefficient (Wildman–Crippen LogP) is 3.39. The fourth-order valence-electron chi connectivity index (χ4n) is 2.84. The molecule has 1 N–H and O–H groups in total. The number of sulfonamides is 1. The first-order valence-corrected chi connectivity index (χ1v) is 11.5.